The molecule has 0 fully saturated rings. The molecule has 106 valence electrons. The van der Waals surface area contributed by atoms with Gasteiger partial charge in [-0.05, 0) is 18.4 Å². The summed E-state index contributed by atoms with van der Waals surface area (Å²) in [6.07, 6.45) is 2.19. The van der Waals surface area contributed by atoms with Crippen LogP contribution in [0.5, 0.6) is 0 Å². The van der Waals surface area contributed by atoms with Gasteiger partial charge in [-0.15, -0.1) is 0 Å². The number of aromatic nitrogens is 2. The standard InChI is InChI=1S/C13H16N4O3/c1-8(2)3-4-14-11-6-10-9(5-12(11)17(19)20)13(18)16-7-15-10/h5-8,14H,3-4H2,1-2H3,(H,15,16,18). The molecule has 0 spiro atoms. The highest BCUT2D eigenvalue weighted by Crippen LogP contribution is 2.27. The van der Waals surface area contributed by atoms with Gasteiger partial charge in [0.25, 0.3) is 11.2 Å². The van der Waals surface area contributed by atoms with Gasteiger partial charge in [0, 0.05) is 12.6 Å². The largest absolute Gasteiger partial charge is 0.379 e. The molecule has 0 unspecified atom stereocenters. The molecule has 0 atom stereocenters. The Balaban J connectivity index is 2.44. The van der Waals surface area contributed by atoms with Crippen LogP contribution in [-0.4, -0.2) is 21.4 Å². The van der Waals surface area contributed by atoms with Crippen molar-refractivity contribution in [2.75, 3.05) is 11.9 Å². The van der Waals surface area contributed by atoms with Crippen molar-refractivity contribution in [3.8, 4) is 0 Å². The molecule has 0 aliphatic carbocycles. The van der Waals surface area contributed by atoms with E-state index >= 15 is 0 Å². The zero-order valence-electron chi connectivity index (χ0n) is 11.3. The summed E-state index contributed by atoms with van der Waals surface area (Å²) in [7, 11) is 0. The van der Waals surface area contributed by atoms with Gasteiger partial charge >= 0.3 is 0 Å². The molecule has 0 radical (unpaired) electrons. The van der Waals surface area contributed by atoms with Gasteiger partial charge in [-0.25, -0.2) is 4.98 Å². The molecule has 1 heterocycles. The zero-order chi connectivity index (χ0) is 14.7. The average Bonchev–Trinajstić information content (AvgIpc) is 2.37. The molecule has 2 N–H and O–H groups in total. The highest BCUT2D eigenvalue weighted by molar-refractivity contribution is 5.86. The minimum absolute atomic E-state index is 0.111. The van der Waals surface area contributed by atoms with Crippen LogP contribution in [0.4, 0.5) is 11.4 Å². The lowest BCUT2D eigenvalue weighted by molar-refractivity contribution is -0.383. The third kappa shape index (κ3) is 2.93. The van der Waals surface area contributed by atoms with Crippen LogP contribution in [0.25, 0.3) is 10.9 Å². The monoisotopic (exact) mass is 276 g/mol. The third-order valence-electron chi connectivity index (χ3n) is 2.99. The highest BCUT2D eigenvalue weighted by atomic mass is 16.6. The van der Waals surface area contributed by atoms with Gasteiger partial charge in [-0.3, -0.25) is 14.9 Å². The third-order valence-corrected chi connectivity index (χ3v) is 2.99. The van der Waals surface area contributed by atoms with Gasteiger partial charge in [0.2, 0.25) is 0 Å². The number of nitrogens with one attached hydrogen (secondary N) is 2. The van der Waals surface area contributed by atoms with Crippen LogP contribution in [0.1, 0.15) is 20.3 Å². The second kappa shape index (κ2) is 5.68. The van der Waals surface area contributed by atoms with Gasteiger partial charge in [-0.2, -0.15) is 0 Å². The van der Waals surface area contributed by atoms with E-state index in [0.717, 1.165) is 6.42 Å². The highest BCUT2D eigenvalue weighted by Gasteiger charge is 2.16. The molecule has 1 aromatic carbocycles. The maximum atomic E-state index is 11.6. The number of nitro groups is 1. The quantitative estimate of drug-likeness (QED) is 0.644. The van der Waals surface area contributed by atoms with E-state index in [9.17, 15) is 14.9 Å². The molecule has 7 heteroatoms. The molecule has 1 aromatic heterocycles. The van der Waals surface area contributed by atoms with E-state index in [0.29, 0.717) is 23.7 Å². The van der Waals surface area contributed by atoms with Crippen LogP contribution in [0.3, 0.4) is 0 Å². The predicted octanol–water partition coefficient (Wildman–Crippen LogP) is 2.29. The molecular formula is C13H16N4O3. The Morgan fingerprint density at radius 2 is 2.20 bits per heavy atom. The summed E-state index contributed by atoms with van der Waals surface area (Å²) in [6.45, 7) is 4.79. The van der Waals surface area contributed by atoms with E-state index in [1.807, 2.05) is 0 Å². The SMILES string of the molecule is CC(C)CCNc1cc2nc[nH]c(=O)c2cc1[N+](=O)[O-]. The van der Waals surface area contributed by atoms with Gasteiger partial charge in [0.1, 0.15) is 5.69 Å². The first-order valence-corrected chi connectivity index (χ1v) is 6.38. The number of fused-ring (bicyclic) bond motifs is 1. The molecule has 7 nitrogen and oxygen atoms in total. The van der Waals surface area contributed by atoms with Crippen LogP contribution in [0, 0.1) is 16.0 Å². The fourth-order valence-electron chi connectivity index (χ4n) is 1.89. The first-order chi connectivity index (χ1) is 9.49. The molecule has 0 saturated carbocycles. The van der Waals surface area contributed by atoms with Gasteiger partial charge in [0.15, 0.2) is 0 Å². The Hall–Kier alpha value is -2.44. The number of hydrogen-bond acceptors (Lipinski definition) is 5. The lowest BCUT2D eigenvalue weighted by Gasteiger charge is -2.09. The van der Waals surface area contributed by atoms with Crippen molar-refractivity contribution in [2.45, 2.75) is 20.3 Å². The molecule has 0 bridgehead atoms. The van der Waals surface area contributed by atoms with Gasteiger partial charge < -0.3 is 10.3 Å². The summed E-state index contributed by atoms with van der Waals surface area (Å²) in [5, 5.41) is 14.4. The topological polar surface area (TPSA) is 101 Å². The van der Waals surface area contributed by atoms with Gasteiger partial charge in [0.05, 0.1) is 22.2 Å². The predicted molar refractivity (Wildman–Crippen MR) is 77.0 cm³/mol. The van der Waals surface area contributed by atoms with Gasteiger partial charge in [-0.1, -0.05) is 13.8 Å². The summed E-state index contributed by atoms with van der Waals surface area (Å²) in [6, 6.07) is 2.81. The number of nitro benzene ring substituents is 1. The fourth-order valence-corrected chi connectivity index (χ4v) is 1.89. The van der Waals surface area contributed by atoms with E-state index in [1.165, 1.54) is 12.4 Å². The van der Waals surface area contributed by atoms with Crippen LogP contribution in [0.15, 0.2) is 23.3 Å². The molecule has 0 amide bonds. The van der Waals surface area contributed by atoms with Crippen molar-refractivity contribution in [1.82, 2.24) is 9.97 Å². The minimum atomic E-state index is -0.496. The van der Waals surface area contributed by atoms with Crippen molar-refractivity contribution in [3.63, 3.8) is 0 Å². The van der Waals surface area contributed by atoms with E-state index in [4.69, 9.17) is 0 Å². The summed E-state index contributed by atoms with van der Waals surface area (Å²) in [5.41, 5.74) is 0.333. The van der Waals surface area contributed by atoms with Crippen molar-refractivity contribution in [2.24, 2.45) is 5.92 Å². The van der Waals surface area contributed by atoms with Crippen molar-refractivity contribution >= 4 is 22.3 Å². The number of aromatic amines is 1. The second-order valence-corrected chi connectivity index (χ2v) is 4.98. The van der Waals surface area contributed by atoms with E-state index in [-0.39, 0.29) is 16.6 Å². The number of hydrogen-bond donors (Lipinski definition) is 2. The summed E-state index contributed by atoms with van der Waals surface area (Å²) >= 11 is 0. The van der Waals surface area contributed by atoms with E-state index in [2.05, 4.69) is 29.1 Å². The van der Waals surface area contributed by atoms with Crippen molar-refractivity contribution < 1.29 is 4.92 Å². The second-order valence-electron chi connectivity index (χ2n) is 4.98. The Bertz CT molecular complexity index is 694. The first-order valence-electron chi connectivity index (χ1n) is 6.38. The first kappa shape index (κ1) is 14.0. The molecule has 2 rings (SSSR count). The summed E-state index contributed by atoms with van der Waals surface area (Å²) < 4.78 is 0. The Morgan fingerprint density at radius 1 is 1.45 bits per heavy atom. The average molecular weight is 276 g/mol. The number of rotatable bonds is 5. The maximum absolute atomic E-state index is 11.6. The fraction of sp³-hybridized carbons (Fsp3) is 0.385. The molecule has 0 aliphatic heterocycles. The minimum Gasteiger partial charge on any atom is -0.379 e. The van der Waals surface area contributed by atoms with Crippen molar-refractivity contribution in [3.05, 3.63) is 38.9 Å². The lowest BCUT2D eigenvalue weighted by Crippen LogP contribution is -2.10. The molecule has 0 aliphatic rings. The molecule has 2 aromatic rings. The summed E-state index contributed by atoms with van der Waals surface area (Å²) in [5.74, 6) is 0.503. The molecular weight excluding hydrogens is 260 g/mol. The lowest BCUT2D eigenvalue weighted by atomic mass is 10.1. The number of H-pyrrole nitrogens is 1. The summed E-state index contributed by atoms with van der Waals surface area (Å²) in [4.78, 5) is 28.7. The number of anilines is 1. The smallest absolute Gasteiger partial charge is 0.293 e. The Morgan fingerprint density at radius 3 is 2.85 bits per heavy atom. The Kier molecular flexibility index (Phi) is 3.97. The molecule has 0 saturated heterocycles. The number of benzene rings is 1. The normalized spacial score (nSPS) is 10.9. The zero-order valence-corrected chi connectivity index (χ0v) is 11.3. The van der Waals surface area contributed by atoms with Crippen LogP contribution >= 0.6 is 0 Å². The van der Waals surface area contributed by atoms with E-state index < -0.39 is 4.92 Å². The van der Waals surface area contributed by atoms with Crippen LogP contribution in [0.2, 0.25) is 0 Å². The van der Waals surface area contributed by atoms with E-state index in [1.54, 1.807) is 6.07 Å². The number of nitrogens with zero attached hydrogens (tertiary/aromatic N) is 2. The Labute approximate surface area is 115 Å². The van der Waals surface area contributed by atoms with Crippen LogP contribution in [-0.2, 0) is 0 Å². The molecule has 20 heavy (non-hydrogen) atoms. The maximum Gasteiger partial charge on any atom is 0.293 e. The van der Waals surface area contributed by atoms with Crippen LogP contribution < -0.4 is 10.9 Å². The van der Waals surface area contributed by atoms with Crippen molar-refractivity contribution in [1.29, 1.82) is 0 Å².